The van der Waals surface area contributed by atoms with E-state index in [1.54, 1.807) is 17.4 Å². The first-order valence-electron chi connectivity index (χ1n) is 4.75. The van der Waals surface area contributed by atoms with Crippen molar-refractivity contribution in [3.05, 3.63) is 23.4 Å². The summed E-state index contributed by atoms with van der Waals surface area (Å²) in [4.78, 5) is 4.23. The molecule has 1 N–H and O–H groups in total. The summed E-state index contributed by atoms with van der Waals surface area (Å²) in [7, 11) is 0. The highest BCUT2D eigenvalue weighted by Gasteiger charge is 2.19. The molecule has 5 heteroatoms. The maximum atomic E-state index is 5.81. The summed E-state index contributed by atoms with van der Waals surface area (Å²) >= 11 is 7.43. The maximum Gasteiger partial charge on any atom is 0.177 e. The standard InChI is InChI=1S/C10H9ClN2OS/c11-9-2-1-8-7(13-9)3-10(15-8)14-6-4-12-5-6/h1-3,6,12H,4-5H2. The van der Waals surface area contributed by atoms with Gasteiger partial charge in [0, 0.05) is 19.2 Å². The van der Waals surface area contributed by atoms with E-state index in [9.17, 15) is 0 Å². The number of aromatic nitrogens is 1. The molecule has 2 aromatic rings. The summed E-state index contributed by atoms with van der Waals surface area (Å²) in [6.45, 7) is 1.87. The van der Waals surface area contributed by atoms with Crippen LogP contribution in [0.3, 0.4) is 0 Å². The highest BCUT2D eigenvalue weighted by molar-refractivity contribution is 7.20. The number of pyridine rings is 1. The predicted octanol–water partition coefficient (Wildman–Crippen LogP) is 2.30. The molecule has 15 heavy (non-hydrogen) atoms. The van der Waals surface area contributed by atoms with Gasteiger partial charge < -0.3 is 10.1 Å². The normalized spacial score (nSPS) is 16.6. The van der Waals surface area contributed by atoms with Gasteiger partial charge in [-0.05, 0) is 12.1 Å². The Hall–Kier alpha value is -0.840. The van der Waals surface area contributed by atoms with E-state index in [1.165, 1.54) is 0 Å². The number of fused-ring (bicyclic) bond motifs is 1. The molecule has 0 aromatic carbocycles. The number of nitrogens with one attached hydrogen (secondary N) is 1. The monoisotopic (exact) mass is 240 g/mol. The number of hydrogen-bond acceptors (Lipinski definition) is 4. The lowest BCUT2D eigenvalue weighted by atomic mass is 10.2. The highest BCUT2D eigenvalue weighted by Crippen LogP contribution is 2.32. The van der Waals surface area contributed by atoms with Crippen LogP contribution in [0.5, 0.6) is 5.06 Å². The average molecular weight is 241 g/mol. The van der Waals surface area contributed by atoms with Crippen LogP contribution in [0.4, 0.5) is 0 Å². The van der Waals surface area contributed by atoms with Gasteiger partial charge in [-0.15, -0.1) is 0 Å². The number of halogens is 1. The maximum absolute atomic E-state index is 5.81. The molecule has 0 amide bonds. The van der Waals surface area contributed by atoms with E-state index >= 15 is 0 Å². The van der Waals surface area contributed by atoms with Crippen LogP contribution in [0.25, 0.3) is 10.2 Å². The lowest BCUT2D eigenvalue weighted by Crippen LogP contribution is -2.50. The second kappa shape index (κ2) is 3.63. The Balaban J connectivity index is 1.91. The van der Waals surface area contributed by atoms with Crippen molar-refractivity contribution in [1.29, 1.82) is 0 Å². The van der Waals surface area contributed by atoms with Gasteiger partial charge >= 0.3 is 0 Å². The van der Waals surface area contributed by atoms with Gasteiger partial charge in [-0.3, -0.25) is 0 Å². The quantitative estimate of drug-likeness (QED) is 0.818. The largest absolute Gasteiger partial charge is 0.478 e. The van der Waals surface area contributed by atoms with Gasteiger partial charge in [0.15, 0.2) is 5.06 Å². The van der Waals surface area contributed by atoms with E-state index in [2.05, 4.69) is 10.3 Å². The second-order valence-electron chi connectivity index (χ2n) is 3.48. The summed E-state index contributed by atoms with van der Waals surface area (Å²) in [6.07, 6.45) is 0.313. The fourth-order valence-electron chi connectivity index (χ4n) is 1.44. The average Bonchev–Trinajstić information content (AvgIpc) is 2.53. The lowest BCUT2D eigenvalue weighted by molar-refractivity contribution is 0.147. The zero-order chi connectivity index (χ0) is 10.3. The lowest BCUT2D eigenvalue weighted by Gasteiger charge is -2.26. The van der Waals surface area contributed by atoms with Crippen LogP contribution >= 0.6 is 22.9 Å². The number of thiophene rings is 1. The van der Waals surface area contributed by atoms with Gasteiger partial charge in [-0.25, -0.2) is 4.98 Å². The van der Waals surface area contributed by atoms with Gasteiger partial charge in [0.2, 0.25) is 0 Å². The summed E-state index contributed by atoms with van der Waals surface area (Å²) in [5.74, 6) is 0. The minimum atomic E-state index is 0.313. The molecule has 2 aromatic heterocycles. The van der Waals surface area contributed by atoms with Crippen molar-refractivity contribution in [2.45, 2.75) is 6.10 Å². The van der Waals surface area contributed by atoms with Crippen molar-refractivity contribution in [1.82, 2.24) is 10.3 Å². The van der Waals surface area contributed by atoms with E-state index in [0.29, 0.717) is 11.3 Å². The van der Waals surface area contributed by atoms with Crippen molar-refractivity contribution in [2.24, 2.45) is 0 Å². The molecule has 3 rings (SSSR count). The number of rotatable bonds is 2. The molecule has 0 saturated carbocycles. The Morgan fingerprint density at radius 1 is 1.47 bits per heavy atom. The molecule has 0 bridgehead atoms. The first-order chi connectivity index (χ1) is 7.31. The van der Waals surface area contributed by atoms with Crippen LogP contribution < -0.4 is 10.1 Å². The Labute approximate surface area is 96.0 Å². The molecule has 0 aliphatic carbocycles. The van der Waals surface area contributed by atoms with Crippen LogP contribution in [0.15, 0.2) is 18.2 Å². The van der Waals surface area contributed by atoms with Crippen LogP contribution in [0.1, 0.15) is 0 Å². The van der Waals surface area contributed by atoms with E-state index in [-0.39, 0.29) is 0 Å². The fraction of sp³-hybridized carbons (Fsp3) is 0.300. The van der Waals surface area contributed by atoms with Crippen LogP contribution in [0.2, 0.25) is 5.15 Å². The molecule has 0 radical (unpaired) electrons. The first-order valence-corrected chi connectivity index (χ1v) is 5.94. The molecular formula is C10H9ClN2OS. The molecule has 3 heterocycles. The summed E-state index contributed by atoms with van der Waals surface area (Å²) in [6, 6.07) is 5.72. The Bertz CT molecular complexity index is 495. The van der Waals surface area contributed by atoms with Crippen molar-refractivity contribution < 1.29 is 4.74 Å². The van der Waals surface area contributed by atoms with Gasteiger partial charge in [0.1, 0.15) is 11.3 Å². The molecule has 1 fully saturated rings. The van der Waals surface area contributed by atoms with Crippen LogP contribution in [-0.2, 0) is 0 Å². The Kier molecular flexibility index (Phi) is 2.27. The van der Waals surface area contributed by atoms with Crippen LogP contribution in [0, 0.1) is 0 Å². The fourth-order valence-corrected chi connectivity index (χ4v) is 2.52. The van der Waals surface area contributed by atoms with Crippen molar-refractivity contribution in [2.75, 3.05) is 13.1 Å². The van der Waals surface area contributed by atoms with E-state index in [4.69, 9.17) is 16.3 Å². The molecule has 0 unspecified atom stereocenters. The summed E-state index contributed by atoms with van der Waals surface area (Å²) in [5.41, 5.74) is 0.912. The molecular weight excluding hydrogens is 232 g/mol. The molecule has 3 nitrogen and oxygen atoms in total. The summed E-state index contributed by atoms with van der Waals surface area (Å²) < 4.78 is 6.86. The molecule has 1 saturated heterocycles. The SMILES string of the molecule is Clc1ccc2sc(OC3CNC3)cc2n1. The predicted molar refractivity (Wildman–Crippen MR) is 61.9 cm³/mol. The first kappa shape index (κ1) is 9.39. The zero-order valence-corrected chi connectivity index (χ0v) is 9.44. The minimum Gasteiger partial charge on any atom is -0.478 e. The van der Waals surface area contributed by atoms with Gasteiger partial charge in [-0.1, -0.05) is 22.9 Å². The number of nitrogens with zero attached hydrogens (tertiary/aromatic N) is 1. The van der Waals surface area contributed by atoms with Gasteiger partial charge in [-0.2, -0.15) is 0 Å². The Morgan fingerprint density at radius 2 is 2.33 bits per heavy atom. The topological polar surface area (TPSA) is 34.1 Å². The Morgan fingerprint density at radius 3 is 3.07 bits per heavy atom. The number of ether oxygens (including phenoxy) is 1. The summed E-state index contributed by atoms with van der Waals surface area (Å²) in [5, 5.41) is 4.61. The second-order valence-corrected chi connectivity index (χ2v) is 4.91. The van der Waals surface area contributed by atoms with Gasteiger partial charge in [0.25, 0.3) is 0 Å². The highest BCUT2D eigenvalue weighted by atomic mass is 35.5. The third-order valence-electron chi connectivity index (χ3n) is 2.34. The van der Waals surface area contributed by atoms with E-state index in [1.807, 2.05) is 12.1 Å². The molecule has 1 aliphatic rings. The van der Waals surface area contributed by atoms with E-state index in [0.717, 1.165) is 28.4 Å². The number of hydrogen-bond donors (Lipinski definition) is 1. The molecule has 78 valence electrons. The van der Waals surface area contributed by atoms with Crippen molar-refractivity contribution in [3.63, 3.8) is 0 Å². The van der Waals surface area contributed by atoms with Crippen LogP contribution in [-0.4, -0.2) is 24.2 Å². The molecule has 0 atom stereocenters. The van der Waals surface area contributed by atoms with Gasteiger partial charge in [0.05, 0.1) is 10.2 Å². The van der Waals surface area contributed by atoms with E-state index < -0.39 is 0 Å². The molecule has 1 aliphatic heterocycles. The third-order valence-corrected chi connectivity index (χ3v) is 3.53. The minimum absolute atomic E-state index is 0.313. The third kappa shape index (κ3) is 1.80. The molecule has 0 spiro atoms. The van der Waals surface area contributed by atoms with Crippen molar-refractivity contribution in [3.8, 4) is 5.06 Å². The van der Waals surface area contributed by atoms with Crippen molar-refractivity contribution >= 4 is 33.2 Å². The smallest absolute Gasteiger partial charge is 0.177 e. The zero-order valence-electron chi connectivity index (χ0n) is 7.87.